The van der Waals surface area contributed by atoms with Gasteiger partial charge in [-0.3, -0.25) is 4.79 Å². The third-order valence-electron chi connectivity index (χ3n) is 4.76. The van der Waals surface area contributed by atoms with Crippen molar-refractivity contribution in [2.24, 2.45) is 0 Å². The van der Waals surface area contributed by atoms with Gasteiger partial charge in [-0.2, -0.15) is 0 Å². The molecular formula is C22H18ClNO4. The van der Waals surface area contributed by atoms with Crippen molar-refractivity contribution in [2.75, 3.05) is 19.5 Å². The average Bonchev–Trinajstić information content (AvgIpc) is 3.06. The molecule has 0 aliphatic heterocycles. The first-order valence-electron chi connectivity index (χ1n) is 8.67. The minimum Gasteiger partial charge on any atom is -0.493 e. The van der Waals surface area contributed by atoms with Crippen molar-refractivity contribution in [3.05, 3.63) is 64.9 Å². The molecule has 0 radical (unpaired) electrons. The Kier molecular flexibility index (Phi) is 4.61. The molecule has 0 spiro atoms. The van der Waals surface area contributed by atoms with Crippen molar-refractivity contribution in [2.45, 2.75) is 6.92 Å². The Balaban J connectivity index is 1.76. The summed E-state index contributed by atoms with van der Waals surface area (Å²) in [6.07, 6.45) is 0. The third kappa shape index (κ3) is 2.94. The summed E-state index contributed by atoms with van der Waals surface area (Å²) in [4.78, 5) is 12.9. The van der Waals surface area contributed by atoms with Gasteiger partial charge in [0, 0.05) is 28.5 Å². The van der Waals surface area contributed by atoms with Crippen molar-refractivity contribution in [1.82, 2.24) is 0 Å². The smallest absolute Gasteiger partial charge is 0.291 e. The predicted octanol–water partition coefficient (Wildman–Crippen LogP) is 5.82. The standard InChI is InChI=1S/C22H18ClNO4/c1-12-14-9-8-13-6-4-5-7-15(13)21(14)28-20(12)22(25)24-17-11-19(27-3)18(26-2)10-16(17)23/h4-11H,1-3H3,(H,24,25). The van der Waals surface area contributed by atoms with Gasteiger partial charge in [0.25, 0.3) is 5.91 Å². The molecule has 6 heteroatoms. The van der Waals surface area contributed by atoms with E-state index < -0.39 is 0 Å². The van der Waals surface area contributed by atoms with Crippen LogP contribution >= 0.6 is 11.6 Å². The second-order valence-electron chi connectivity index (χ2n) is 6.36. The van der Waals surface area contributed by atoms with E-state index in [9.17, 15) is 4.79 Å². The van der Waals surface area contributed by atoms with E-state index in [2.05, 4.69) is 5.32 Å². The Hall–Kier alpha value is -3.18. The topological polar surface area (TPSA) is 60.7 Å². The highest BCUT2D eigenvalue weighted by Gasteiger charge is 2.21. The summed E-state index contributed by atoms with van der Waals surface area (Å²) in [6.45, 7) is 1.87. The van der Waals surface area contributed by atoms with Crippen LogP contribution in [0, 0.1) is 6.92 Å². The van der Waals surface area contributed by atoms with E-state index in [1.165, 1.54) is 14.2 Å². The fourth-order valence-electron chi connectivity index (χ4n) is 3.29. The highest BCUT2D eigenvalue weighted by molar-refractivity contribution is 6.34. The summed E-state index contributed by atoms with van der Waals surface area (Å²) in [5.41, 5.74) is 1.88. The van der Waals surface area contributed by atoms with Crippen LogP contribution in [0.1, 0.15) is 16.1 Å². The molecule has 4 aromatic rings. The Labute approximate surface area is 166 Å². The lowest BCUT2D eigenvalue weighted by atomic mass is 10.1. The summed E-state index contributed by atoms with van der Waals surface area (Å²) >= 11 is 6.28. The third-order valence-corrected chi connectivity index (χ3v) is 5.07. The van der Waals surface area contributed by atoms with E-state index in [1.807, 2.05) is 43.3 Å². The van der Waals surface area contributed by atoms with Crippen molar-refractivity contribution in [3.63, 3.8) is 0 Å². The maximum atomic E-state index is 12.9. The molecule has 0 atom stereocenters. The molecule has 1 amide bonds. The molecule has 1 N–H and O–H groups in total. The Morgan fingerprint density at radius 2 is 1.71 bits per heavy atom. The Morgan fingerprint density at radius 3 is 2.46 bits per heavy atom. The highest BCUT2D eigenvalue weighted by Crippen LogP contribution is 2.37. The minimum absolute atomic E-state index is 0.247. The SMILES string of the molecule is COc1cc(Cl)c(NC(=O)c2oc3c(ccc4ccccc43)c2C)cc1OC. The van der Waals surface area contributed by atoms with Crippen molar-refractivity contribution in [3.8, 4) is 11.5 Å². The maximum Gasteiger partial charge on any atom is 0.291 e. The van der Waals surface area contributed by atoms with Crippen LogP contribution in [0.15, 0.2) is 52.9 Å². The first-order chi connectivity index (χ1) is 13.5. The quantitative estimate of drug-likeness (QED) is 0.473. The van der Waals surface area contributed by atoms with Gasteiger partial charge in [-0.1, -0.05) is 48.0 Å². The van der Waals surface area contributed by atoms with Crippen LogP contribution in [0.4, 0.5) is 5.69 Å². The molecule has 0 aliphatic carbocycles. The molecule has 4 rings (SSSR count). The van der Waals surface area contributed by atoms with Crippen LogP contribution < -0.4 is 14.8 Å². The number of rotatable bonds is 4. The minimum atomic E-state index is -0.382. The number of ether oxygens (including phenoxy) is 2. The first kappa shape index (κ1) is 18.2. The fourth-order valence-corrected chi connectivity index (χ4v) is 3.50. The van der Waals surface area contributed by atoms with Crippen molar-refractivity contribution in [1.29, 1.82) is 0 Å². The van der Waals surface area contributed by atoms with E-state index in [1.54, 1.807) is 12.1 Å². The number of benzene rings is 3. The second kappa shape index (κ2) is 7.09. The summed E-state index contributed by atoms with van der Waals surface area (Å²) in [7, 11) is 3.04. The average molecular weight is 396 g/mol. The molecule has 1 heterocycles. The molecule has 0 saturated heterocycles. The van der Waals surface area contributed by atoms with Gasteiger partial charge >= 0.3 is 0 Å². The van der Waals surface area contributed by atoms with Gasteiger partial charge in [0.15, 0.2) is 17.3 Å². The molecule has 0 fully saturated rings. The van der Waals surface area contributed by atoms with Crippen molar-refractivity contribution < 1.29 is 18.7 Å². The largest absolute Gasteiger partial charge is 0.493 e. The zero-order valence-corrected chi connectivity index (χ0v) is 16.4. The van der Waals surface area contributed by atoms with Gasteiger partial charge < -0.3 is 19.2 Å². The molecule has 0 unspecified atom stereocenters. The number of amides is 1. The monoisotopic (exact) mass is 395 g/mol. The van der Waals surface area contributed by atoms with E-state index in [4.69, 9.17) is 25.5 Å². The summed E-state index contributed by atoms with van der Waals surface area (Å²) in [5, 5.41) is 6.06. The van der Waals surface area contributed by atoms with Crippen LogP contribution in [0.3, 0.4) is 0 Å². The van der Waals surface area contributed by atoms with Gasteiger partial charge in [0.05, 0.1) is 24.9 Å². The molecule has 142 valence electrons. The summed E-state index contributed by atoms with van der Waals surface area (Å²) < 4.78 is 16.5. The number of halogens is 1. The molecule has 0 bridgehead atoms. The zero-order valence-electron chi connectivity index (χ0n) is 15.6. The molecule has 0 aliphatic rings. The second-order valence-corrected chi connectivity index (χ2v) is 6.77. The Bertz CT molecular complexity index is 1210. The van der Waals surface area contributed by atoms with Gasteiger partial charge in [-0.15, -0.1) is 0 Å². The highest BCUT2D eigenvalue weighted by atomic mass is 35.5. The number of methoxy groups -OCH3 is 2. The van der Waals surface area contributed by atoms with Gasteiger partial charge in [0.1, 0.15) is 5.58 Å². The molecule has 1 aromatic heterocycles. The van der Waals surface area contributed by atoms with Crippen LogP contribution in [0.2, 0.25) is 5.02 Å². The number of carbonyl (C=O) groups is 1. The van der Waals surface area contributed by atoms with Gasteiger partial charge in [0.2, 0.25) is 0 Å². The van der Waals surface area contributed by atoms with E-state index in [0.29, 0.717) is 27.8 Å². The van der Waals surface area contributed by atoms with Crippen molar-refractivity contribution >= 4 is 44.9 Å². The Morgan fingerprint density at radius 1 is 1.00 bits per heavy atom. The number of carbonyl (C=O) groups excluding carboxylic acids is 1. The number of anilines is 1. The van der Waals surface area contributed by atoms with Crippen LogP contribution in [-0.4, -0.2) is 20.1 Å². The number of nitrogens with one attached hydrogen (secondary N) is 1. The number of aryl methyl sites for hydroxylation is 1. The van der Waals surface area contributed by atoms with Crippen LogP contribution in [0.5, 0.6) is 11.5 Å². The van der Waals surface area contributed by atoms with E-state index >= 15 is 0 Å². The predicted molar refractivity (Wildman–Crippen MR) is 111 cm³/mol. The lowest BCUT2D eigenvalue weighted by molar-refractivity contribution is 0.0998. The normalized spacial score (nSPS) is 11.0. The molecule has 28 heavy (non-hydrogen) atoms. The molecule has 5 nitrogen and oxygen atoms in total. The lowest BCUT2D eigenvalue weighted by Crippen LogP contribution is -2.12. The first-order valence-corrected chi connectivity index (χ1v) is 9.05. The number of hydrogen-bond donors (Lipinski definition) is 1. The van der Waals surface area contributed by atoms with Crippen LogP contribution in [0.25, 0.3) is 21.7 Å². The number of hydrogen-bond acceptors (Lipinski definition) is 4. The van der Waals surface area contributed by atoms with E-state index in [0.717, 1.165) is 21.7 Å². The summed E-state index contributed by atoms with van der Waals surface area (Å²) in [6, 6.07) is 15.1. The van der Waals surface area contributed by atoms with Gasteiger partial charge in [-0.05, 0) is 12.3 Å². The maximum absolute atomic E-state index is 12.9. The van der Waals surface area contributed by atoms with Crippen LogP contribution in [-0.2, 0) is 0 Å². The molecular weight excluding hydrogens is 378 g/mol. The molecule has 3 aromatic carbocycles. The zero-order chi connectivity index (χ0) is 19.8. The number of furan rings is 1. The number of fused-ring (bicyclic) bond motifs is 3. The van der Waals surface area contributed by atoms with E-state index in [-0.39, 0.29) is 11.7 Å². The lowest BCUT2D eigenvalue weighted by Gasteiger charge is -2.12. The molecule has 0 saturated carbocycles. The van der Waals surface area contributed by atoms with Gasteiger partial charge in [-0.25, -0.2) is 0 Å². The fraction of sp³-hybridized carbons (Fsp3) is 0.136. The summed E-state index contributed by atoms with van der Waals surface area (Å²) in [5.74, 6) is 0.815.